The first-order chi connectivity index (χ1) is 9.61. The number of aryl methyl sites for hydroxylation is 1. The van der Waals surface area contributed by atoms with Gasteiger partial charge >= 0.3 is 0 Å². The normalized spacial score (nSPS) is 26.9. The number of morpholine rings is 1. The molecule has 1 aromatic heterocycles. The van der Waals surface area contributed by atoms with Gasteiger partial charge in [-0.1, -0.05) is 0 Å². The minimum Gasteiger partial charge on any atom is -0.372 e. The smallest absolute Gasteiger partial charge is 0.225 e. The molecule has 1 N–H and O–H groups in total. The molecule has 0 bridgehead atoms. The van der Waals surface area contributed by atoms with E-state index < -0.39 is 0 Å². The minimum atomic E-state index is 0.235. The molecule has 1 aromatic rings. The van der Waals surface area contributed by atoms with Crippen LogP contribution in [0.25, 0.3) is 0 Å². The topological polar surface area (TPSA) is 50.3 Å². The summed E-state index contributed by atoms with van der Waals surface area (Å²) in [5.74, 6) is 0.833. The summed E-state index contributed by atoms with van der Waals surface area (Å²) in [5.41, 5.74) is 2.28. The molecule has 0 spiro atoms. The number of nitrogens with zero attached hydrogens (tertiary/aromatic N) is 3. The molecule has 20 heavy (non-hydrogen) atoms. The maximum atomic E-state index is 5.76. The average molecular weight is 276 g/mol. The Hall–Kier alpha value is -1.20. The number of nitrogens with one attached hydrogen (secondary N) is 1. The van der Waals surface area contributed by atoms with E-state index in [0.29, 0.717) is 0 Å². The average Bonchev–Trinajstić information content (AvgIpc) is 3.20. The second-order valence-corrected chi connectivity index (χ2v) is 6.10. The van der Waals surface area contributed by atoms with Crippen molar-refractivity contribution in [1.29, 1.82) is 0 Å². The number of hydrogen-bond acceptors (Lipinski definition) is 5. The highest BCUT2D eigenvalue weighted by Gasteiger charge is 2.24. The third-order valence-corrected chi connectivity index (χ3v) is 3.93. The highest BCUT2D eigenvalue weighted by Crippen LogP contribution is 2.21. The minimum absolute atomic E-state index is 0.235. The molecule has 0 amide bonds. The monoisotopic (exact) mass is 276 g/mol. The van der Waals surface area contributed by atoms with Crippen LogP contribution in [-0.2, 0) is 11.3 Å². The third-order valence-electron chi connectivity index (χ3n) is 3.93. The molecule has 5 nitrogen and oxygen atoms in total. The van der Waals surface area contributed by atoms with Crippen molar-refractivity contribution in [2.45, 2.75) is 58.4 Å². The molecular formula is C15H24N4O. The second-order valence-electron chi connectivity index (χ2n) is 6.10. The van der Waals surface area contributed by atoms with E-state index >= 15 is 0 Å². The summed E-state index contributed by atoms with van der Waals surface area (Å²) >= 11 is 0. The molecule has 1 saturated carbocycles. The van der Waals surface area contributed by atoms with Gasteiger partial charge in [-0.05, 0) is 33.6 Å². The Morgan fingerprint density at radius 1 is 1.30 bits per heavy atom. The Kier molecular flexibility index (Phi) is 3.89. The summed E-state index contributed by atoms with van der Waals surface area (Å²) < 4.78 is 5.76. The quantitative estimate of drug-likeness (QED) is 0.906. The fourth-order valence-corrected chi connectivity index (χ4v) is 2.69. The van der Waals surface area contributed by atoms with Crippen LogP contribution < -0.4 is 10.2 Å². The maximum Gasteiger partial charge on any atom is 0.225 e. The summed E-state index contributed by atoms with van der Waals surface area (Å²) in [5, 5.41) is 3.51. The van der Waals surface area contributed by atoms with Crippen LogP contribution >= 0.6 is 0 Å². The molecule has 2 aliphatic rings. The van der Waals surface area contributed by atoms with Gasteiger partial charge in [-0.15, -0.1) is 0 Å². The van der Waals surface area contributed by atoms with Gasteiger partial charge in [0, 0.05) is 43.1 Å². The Morgan fingerprint density at radius 2 is 2.00 bits per heavy atom. The molecule has 3 rings (SSSR count). The van der Waals surface area contributed by atoms with Gasteiger partial charge in [0.2, 0.25) is 5.95 Å². The van der Waals surface area contributed by atoms with Gasteiger partial charge < -0.3 is 15.0 Å². The summed E-state index contributed by atoms with van der Waals surface area (Å²) in [4.78, 5) is 11.5. The highest BCUT2D eigenvalue weighted by molar-refractivity contribution is 5.34. The molecule has 0 radical (unpaired) electrons. The van der Waals surface area contributed by atoms with Crippen LogP contribution in [0, 0.1) is 6.92 Å². The van der Waals surface area contributed by atoms with Crippen molar-refractivity contribution in [3.8, 4) is 0 Å². The van der Waals surface area contributed by atoms with Gasteiger partial charge in [-0.2, -0.15) is 0 Å². The summed E-state index contributed by atoms with van der Waals surface area (Å²) in [6.07, 6.45) is 5.05. The first-order valence-corrected chi connectivity index (χ1v) is 7.58. The van der Waals surface area contributed by atoms with Crippen molar-refractivity contribution in [2.24, 2.45) is 0 Å². The number of hydrogen-bond donors (Lipinski definition) is 1. The van der Waals surface area contributed by atoms with E-state index in [9.17, 15) is 0 Å². The Morgan fingerprint density at radius 3 is 2.60 bits per heavy atom. The fraction of sp³-hybridized carbons (Fsp3) is 0.733. The van der Waals surface area contributed by atoms with Crippen molar-refractivity contribution in [1.82, 2.24) is 15.3 Å². The lowest BCUT2D eigenvalue weighted by atomic mass is 10.2. The molecule has 1 aliphatic heterocycles. The largest absolute Gasteiger partial charge is 0.372 e. The predicted octanol–water partition coefficient (Wildman–Crippen LogP) is 1.65. The van der Waals surface area contributed by atoms with Crippen LogP contribution in [-0.4, -0.2) is 41.3 Å². The van der Waals surface area contributed by atoms with E-state index in [4.69, 9.17) is 4.74 Å². The summed E-state index contributed by atoms with van der Waals surface area (Å²) in [7, 11) is 0. The van der Waals surface area contributed by atoms with E-state index in [-0.39, 0.29) is 12.2 Å². The summed E-state index contributed by atoms with van der Waals surface area (Å²) in [6, 6.07) is 0.718. The molecule has 5 heteroatoms. The van der Waals surface area contributed by atoms with E-state index in [1.54, 1.807) is 0 Å². The zero-order valence-corrected chi connectivity index (χ0v) is 12.6. The fourth-order valence-electron chi connectivity index (χ4n) is 2.69. The van der Waals surface area contributed by atoms with Crippen molar-refractivity contribution in [3.63, 3.8) is 0 Å². The first kappa shape index (κ1) is 13.8. The SMILES string of the molecule is Cc1nc(N2CC(C)OC(C)C2)ncc1CNC1CC1. The van der Waals surface area contributed by atoms with Crippen LogP contribution in [0.5, 0.6) is 0 Å². The van der Waals surface area contributed by atoms with Crippen molar-refractivity contribution in [3.05, 3.63) is 17.5 Å². The Labute approximate surface area is 120 Å². The number of anilines is 1. The zero-order chi connectivity index (χ0) is 14.1. The highest BCUT2D eigenvalue weighted by atomic mass is 16.5. The van der Waals surface area contributed by atoms with E-state index in [1.165, 1.54) is 18.4 Å². The van der Waals surface area contributed by atoms with E-state index in [1.807, 2.05) is 6.20 Å². The standard InChI is InChI=1S/C15H24N4O/c1-10-8-19(9-11(2)20-10)15-17-7-13(12(3)18-15)6-16-14-4-5-14/h7,10-11,14,16H,4-6,8-9H2,1-3H3. The zero-order valence-electron chi connectivity index (χ0n) is 12.6. The molecule has 2 heterocycles. The van der Waals surface area contributed by atoms with Crippen molar-refractivity contribution < 1.29 is 4.74 Å². The maximum absolute atomic E-state index is 5.76. The van der Waals surface area contributed by atoms with E-state index in [0.717, 1.165) is 37.3 Å². The van der Waals surface area contributed by atoms with Crippen LogP contribution in [0.4, 0.5) is 5.95 Å². The predicted molar refractivity (Wildman–Crippen MR) is 78.9 cm³/mol. The summed E-state index contributed by atoms with van der Waals surface area (Å²) in [6.45, 7) is 8.88. The lowest BCUT2D eigenvalue weighted by molar-refractivity contribution is -0.00573. The van der Waals surface area contributed by atoms with Crippen LogP contribution in [0.3, 0.4) is 0 Å². The number of aromatic nitrogens is 2. The van der Waals surface area contributed by atoms with Gasteiger partial charge in [0.15, 0.2) is 0 Å². The molecule has 110 valence electrons. The number of ether oxygens (including phenoxy) is 1. The molecule has 0 aromatic carbocycles. The second kappa shape index (κ2) is 5.66. The molecule has 1 aliphatic carbocycles. The lowest BCUT2D eigenvalue weighted by Crippen LogP contribution is -2.46. The van der Waals surface area contributed by atoms with Gasteiger partial charge in [-0.3, -0.25) is 0 Å². The van der Waals surface area contributed by atoms with E-state index in [2.05, 4.69) is 41.0 Å². The molecular weight excluding hydrogens is 252 g/mol. The van der Waals surface area contributed by atoms with Crippen molar-refractivity contribution in [2.75, 3.05) is 18.0 Å². The molecule has 2 atom stereocenters. The van der Waals surface area contributed by atoms with Gasteiger partial charge in [0.1, 0.15) is 0 Å². The number of rotatable bonds is 4. The van der Waals surface area contributed by atoms with Crippen LogP contribution in [0.2, 0.25) is 0 Å². The molecule has 2 unspecified atom stereocenters. The van der Waals surface area contributed by atoms with Crippen LogP contribution in [0.1, 0.15) is 37.9 Å². The van der Waals surface area contributed by atoms with Gasteiger partial charge in [0.25, 0.3) is 0 Å². The third kappa shape index (κ3) is 3.27. The molecule has 2 fully saturated rings. The Bertz CT molecular complexity index is 465. The van der Waals surface area contributed by atoms with Gasteiger partial charge in [0.05, 0.1) is 12.2 Å². The van der Waals surface area contributed by atoms with Crippen LogP contribution in [0.15, 0.2) is 6.20 Å². The lowest BCUT2D eigenvalue weighted by Gasteiger charge is -2.35. The first-order valence-electron chi connectivity index (χ1n) is 7.58. The Balaban J connectivity index is 1.68. The molecule has 1 saturated heterocycles. The van der Waals surface area contributed by atoms with Crippen molar-refractivity contribution >= 4 is 5.95 Å². The van der Waals surface area contributed by atoms with Gasteiger partial charge in [-0.25, -0.2) is 9.97 Å².